The topological polar surface area (TPSA) is 35.2 Å². The number of nitrogens with two attached hydrogens (primary N) is 1. The van der Waals surface area contributed by atoms with Crippen LogP contribution in [0.1, 0.15) is 19.3 Å². The maximum absolute atomic E-state index is 12.6. The summed E-state index contributed by atoms with van der Waals surface area (Å²) in [6, 6.07) is 6.23. The molecule has 0 aromatic heterocycles. The van der Waals surface area contributed by atoms with Gasteiger partial charge in [0.1, 0.15) is 11.6 Å². The highest BCUT2D eigenvalue weighted by Gasteiger charge is 1.99. The monoisotopic (exact) mass is 279 g/mol. The predicted octanol–water partition coefficient (Wildman–Crippen LogP) is 3.05. The number of benzene rings is 1. The summed E-state index contributed by atoms with van der Waals surface area (Å²) >= 11 is 4.12. The molecule has 2 N–H and O–H groups in total. The van der Waals surface area contributed by atoms with Crippen molar-refractivity contribution in [3.63, 3.8) is 0 Å². The summed E-state index contributed by atoms with van der Waals surface area (Å²) in [5.74, 6) is 1.19. The van der Waals surface area contributed by atoms with Crippen molar-refractivity contribution in [2.24, 2.45) is 5.73 Å². The molecule has 1 aromatic carbocycles. The van der Waals surface area contributed by atoms with E-state index in [1.807, 2.05) is 0 Å². The minimum atomic E-state index is -0.243. The summed E-state index contributed by atoms with van der Waals surface area (Å²) in [5.41, 5.74) is 5.72. The Morgan fingerprint density at radius 1 is 1.24 bits per heavy atom. The number of thiol groups is 1. The highest BCUT2D eigenvalue weighted by atomic mass is 35.5. The van der Waals surface area contributed by atoms with Crippen LogP contribution in [0, 0.1) is 5.82 Å². The number of hydrogen-bond acceptors (Lipinski definition) is 3. The molecule has 0 amide bonds. The summed E-state index contributed by atoms with van der Waals surface area (Å²) in [6.07, 6.45) is 2.96. The molecule has 17 heavy (non-hydrogen) atoms. The van der Waals surface area contributed by atoms with E-state index in [0.717, 1.165) is 25.0 Å². The van der Waals surface area contributed by atoms with Crippen LogP contribution in [0.2, 0.25) is 0 Å². The van der Waals surface area contributed by atoms with Gasteiger partial charge in [-0.2, -0.15) is 12.6 Å². The molecule has 0 bridgehead atoms. The fourth-order valence-electron chi connectivity index (χ4n) is 1.32. The van der Waals surface area contributed by atoms with Crippen LogP contribution in [0.3, 0.4) is 0 Å². The van der Waals surface area contributed by atoms with Gasteiger partial charge in [0.2, 0.25) is 0 Å². The fraction of sp³-hybridized carbons (Fsp3) is 0.500. The first-order valence-corrected chi connectivity index (χ1v) is 6.10. The highest BCUT2D eigenvalue weighted by molar-refractivity contribution is 7.80. The van der Waals surface area contributed by atoms with Crippen LogP contribution in [0.4, 0.5) is 4.39 Å². The standard InChI is InChI=1S/C12H18FNOS.ClH/c13-10-4-6-12(7-5-10)15-8-2-1-3-11(14)9-16;/h4-7,11,16H,1-3,8-9,14H2;1H. The Bertz CT molecular complexity index is 297. The van der Waals surface area contributed by atoms with Gasteiger partial charge >= 0.3 is 0 Å². The number of unbranched alkanes of at least 4 members (excludes halogenated alkanes) is 1. The quantitative estimate of drug-likeness (QED) is 0.594. The van der Waals surface area contributed by atoms with Crippen molar-refractivity contribution >= 4 is 25.0 Å². The molecule has 0 aliphatic rings. The van der Waals surface area contributed by atoms with Gasteiger partial charge in [-0.1, -0.05) is 0 Å². The van der Waals surface area contributed by atoms with Crippen molar-refractivity contribution in [1.29, 1.82) is 0 Å². The average molecular weight is 280 g/mol. The van der Waals surface area contributed by atoms with E-state index >= 15 is 0 Å². The van der Waals surface area contributed by atoms with E-state index in [4.69, 9.17) is 10.5 Å². The zero-order chi connectivity index (χ0) is 11.8. The number of rotatable bonds is 7. The van der Waals surface area contributed by atoms with Gasteiger partial charge in [-0.05, 0) is 43.5 Å². The van der Waals surface area contributed by atoms with Crippen LogP contribution in [0.25, 0.3) is 0 Å². The van der Waals surface area contributed by atoms with Gasteiger partial charge in [0.05, 0.1) is 6.61 Å². The Morgan fingerprint density at radius 3 is 2.47 bits per heavy atom. The highest BCUT2D eigenvalue weighted by Crippen LogP contribution is 2.11. The summed E-state index contributed by atoms with van der Waals surface area (Å²) in [7, 11) is 0. The Kier molecular flexibility index (Phi) is 9.31. The molecule has 1 aromatic rings. The molecule has 0 radical (unpaired) electrons. The van der Waals surface area contributed by atoms with Gasteiger partial charge in [0.25, 0.3) is 0 Å². The SMILES string of the molecule is Cl.NC(CS)CCCCOc1ccc(F)cc1. The second-order valence-electron chi connectivity index (χ2n) is 3.74. The third-order valence-electron chi connectivity index (χ3n) is 2.29. The molecule has 0 aliphatic heterocycles. The van der Waals surface area contributed by atoms with E-state index in [-0.39, 0.29) is 24.3 Å². The Labute approximate surface area is 114 Å². The minimum absolute atomic E-state index is 0. The predicted molar refractivity (Wildman–Crippen MR) is 74.8 cm³/mol. The molecule has 0 spiro atoms. The van der Waals surface area contributed by atoms with E-state index in [0.29, 0.717) is 12.4 Å². The summed E-state index contributed by atoms with van der Waals surface area (Å²) < 4.78 is 18.0. The van der Waals surface area contributed by atoms with Gasteiger partial charge in [-0.3, -0.25) is 0 Å². The van der Waals surface area contributed by atoms with Crippen LogP contribution in [-0.2, 0) is 0 Å². The van der Waals surface area contributed by atoms with Crippen LogP contribution >= 0.6 is 25.0 Å². The van der Waals surface area contributed by atoms with Crippen molar-refractivity contribution in [3.8, 4) is 5.75 Å². The Balaban J connectivity index is 0.00000256. The number of ether oxygens (including phenoxy) is 1. The molecular weight excluding hydrogens is 261 g/mol. The smallest absolute Gasteiger partial charge is 0.123 e. The third kappa shape index (κ3) is 7.47. The van der Waals surface area contributed by atoms with Gasteiger partial charge in [0.15, 0.2) is 0 Å². The average Bonchev–Trinajstić information content (AvgIpc) is 2.31. The van der Waals surface area contributed by atoms with Crippen molar-refractivity contribution in [3.05, 3.63) is 30.1 Å². The molecule has 5 heteroatoms. The lowest BCUT2D eigenvalue weighted by Gasteiger charge is -2.08. The minimum Gasteiger partial charge on any atom is -0.494 e. The van der Waals surface area contributed by atoms with Crippen LogP contribution < -0.4 is 10.5 Å². The van der Waals surface area contributed by atoms with Gasteiger partial charge in [-0.25, -0.2) is 4.39 Å². The summed E-state index contributed by atoms with van der Waals surface area (Å²) in [4.78, 5) is 0. The Hall–Kier alpha value is -0.450. The van der Waals surface area contributed by atoms with Gasteiger partial charge < -0.3 is 10.5 Å². The molecule has 0 saturated heterocycles. The lowest BCUT2D eigenvalue weighted by atomic mass is 10.1. The zero-order valence-electron chi connectivity index (χ0n) is 9.64. The van der Waals surface area contributed by atoms with E-state index < -0.39 is 0 Å². The number of halogens is 2. The maximum atomic E-state index is 12.6. The van der Waals surface area contributed by atoms with Crippen LogP contribution in [0.5, 0.6) is 5.75 Å². The van der Waals surface area contributed by atoms with E-state index in [1.165, 1.54) is 12.1 Å². The molecule has 1 unspecified atom stereocenters. The maximum Gasteiger partial charge on any atom is 0.123 e. The van der Waals surface area contributed by atoms with E-state index in [9.17, 15) is 4.39 Å². The first kappa shape index (κ1) is 16.6. The molecule has 98 valence electrons. The molecule has 0 aliphatic carbocycles. The molecule has 2 nitrogen and oxygen atoms in total. The summed E-state index contributed by atoms with van der Waals surface area (Å²) in [5, 5.41) is 0. The fourth-order valence-corrected chi connectivity index (χ4v) is 1.50. The van der Waals surface area contributed by atoms with Gasteiger partial charge in [-0.15, -0.1) is 12.4 Å². The van der Waals surface area contributed by atoms with Crippen molar-refractivity contribution < 1.29 is 9.13 Å². The molecule has 0 saturated carbocycles. The lowest BCUT2D eigenvalue weighted by Crippen LogP contribution is -2.21. The lowest BCUT2D eigenvalue weighted by molar-refractivity contribution is 0.303. The third-order valence-corrected chi connectivity index (χ3v) is 2.76. The largest absolute Gasteiger partial charge is 0.494 e. The molecular formula is C12H19ClFNOS. The van der Waals surface area contributed by atoms with Crippen molar-refractivity contribution in [1.82, 2.24) is 0 Å². The van der Waals surface area contributed by atoms with Crippen molar-refractivity contribution in [2.45, 2.75) is 25.3 Å². The number of hydrogen-bond donors (Lipinski definition) is 2. The van der Waals surface area contributed by atoms with Crippen LogP contribution in [-0.4, -0.2) is 18.4 Å². The first-order valence-electron chi connectivity index (χ1n) is 5.47. The molecule has 1 atom stereocenters. The van der Waals surface area contributed by atoms with Crippen LogP contribution in [0.15, 0.2) is 24.3 Å². The van der Waals surface area contributed by atoms with Gasteiger partial charge in [0, 0.05) is 11.8 Å². The molecule has 0 heterocycles. The second-order valence-corrected chi connectivity index (χ2v) is 4.11. The molecule has 1 rings (SSSR count). The second kappa shape index (κ2) is 9.57. The van der Waals surface area contributed by atoms with Crippen molar-refractivity contribution in [2.75, 3.05) is 12.4 Å². The van der Waals surface area contributed by atoms with E-state index in [2.05, 4.69) is 12.6 Å². The zero-order valence-corrected chi connectivity index (χ0v) is 11.4. The Morgan fingerprint density at radius 2 is 1.88 bits per heavy atom. The van der Waals surface area contributed by atoms with E-state index in [1.54, 1.807) is 12.1 Å². The first-order chi connectivity index (χ1) is 7.72. The molecule has 0 fully saturated rings. The summed E-state index contributed by atoms with van der Waals surface area (Å²) in [6.45, 7) is 0.644. The normalized spacial score (nSPS) is 11.7.